The molecule has 2 aromatic carbocycles. The summed E-state index contributed by atoms with van der Waals surface area (Å²) in [4.78, 5) is 22.9. The summed E-state index contributed by atoms with van der Waals surface area (Å²) in [6, 6.07) is 9.85. The molecule has 0 aliphatic rings. The highest BCUT2D eigenvalue weighted by Gasteiger charge is 2.18. The van der Waals surface area contributed by atoms with Gasteiger partial charge in [-0.3, -0.25) is 9.52 Å². The number of carboxylic acid groups (broad SMARTS) is 1. The molecule has 6 nitrogen and oxygen atoms in total. The van der Waals surface area contributed by atoms with E-state index in [0.717, 1.165) is 0 Å². The normalized spacial score (nSPS) is 11.1. The van der Waals surface area contributed by atoms with Gasteiger partial charge < -0.3 is 5.11 Å². The number of Topliss-reactive ketones (excluding diaryl/α,β-unsaturated/α-hetero) is 1. The molecule has 0 aliphatic carbocycles. The van der Waals surface area contributed by atoms with Gasteiger partial charge in [-0.25, -0.2) is 13.2 Å². The number of carbonyl (C=O) groups excluding carboxylic acids is 1. The third kappa shape index (κ3) is 3.95. The molecule has 0 spiro atoms. The summed E-state index contributed by atoms with van der Waals surface area (Å²) < 4.78 is 27.5. The van der Waals surface area contributed by atoms with Gasteiger partial charge in [0.25, 0.3) is 10.0 Å². The van der Waals surface area contributed by atoms with Crippen molar-refractivity contribution >= 4 is 39.2 Å². The number of thioether (sulfide) groups is 1. The molecule has 0 fully saturated rings. The van der Waals surface area contributed by atoms with Crippen LogP contribution >= 0.6 is 11.8 Å². The van der Waals surface area contributed by atoms with E-state index in [1.54, 1.807) is 6.26 Å². The molecule has 0 saturated heterocycles. The lowest BCUT2D eigenvalue weighted by Gasteiger charge is -2.12. The molecule has 126 valence electrons. The summed E-state index contributed by atoms with van der Waals surface area (Å²) >= 11 is 1.23. The van der Waals surface area contributed by atoms with Crippen LogP contribution < -0.4 is 4.72 Å². The Kier molecular flexibility index (Phi) is 5.30. The van der Waals surface area contributed by atoms with E-state index in [4.69, 9.17) is 5.11 Å². The van der Waals surface area contributed by atoms with Crippen molar-refractivity contribution in [3.63, 3.8) is 0 Å². The number of hydrogen-bond acceptors (Lipinski definition) is 5. The highest BCUT2D eigenvalue weighted by atomic mass is 32.2. The smallest absolute Gasteiger partial charge is 0.335 e. The first kappa shape index (κ1) is 18.0. The molecule has 0 bridgehead atoms. The van der Waals surface area contributed by atoms with E-state index in [2.05, 4.69) is 4.72 Å². The molecule has 2 rings (SSSR count). The van der Waals surface area contributed by atoms with Crippen LogP contribution in [0.25, 0.3) is 0 Å². The van der Waals surface area contributed by atoms with E-state index >= 15 is 0 Å². The summed E-state index contributed by atoms with van der Waals surface area (Å²) in [7, 11) is -3.90. The fourth-order valence-corrected chi connectivity index (χ4v) is 3.77. The maximum Gasteiger partial charge on any atom is 0.335 e. The summed E-state index contributed by atoms with van der Waals surface area (Å²) in [5, 5.41) is 9.01. The zero-order valence-corrected chi connectivity index (χ0v) is 14.6. The Morgan fingerprint density at radius 1 is 1.08 bits per heavy atom. The Morgan fingerprint density at radius 3 is 2.38 bits per heavy atom. The minimum Gasteiger partial charge on any atom is -0.478 e. The predicted molar refractivity (Wildman–Crippen MR) is 92.4 cm³/mol. The van der Waals surface area contributed by atoms with Crippen molar-refractivity contribution in [2.45, 2.75) is 16.7 Å². The van der Waals surface area contributed by atoms with E-state index in [9.17, 15) is 18.0 Å². The zero-order chi connectivity index (χ0) is 17.9. The summed E-state index contributed by atoms with van der Waals surface area (Å²) in [6.07, 6.45) is 1.72. The number of carboxylic acids is 1. The van der Waals surface area contributed by atoms with Crippen LogP contribution in [-0.2, 0) is 10.0 Å². The van der Waals surface area contributed by atoms with Crippen molar-refractivity contribution in [2.24, 2.45) is 0 Å². The van der Waals surface area contributed by atoms with Crippen LogP contribution in [0.3, 0.4) is 0 Å². The molecule has 0 radical (unpaired) electrons. The number of rotatable bonds is 6. The van der Waals surface area contributed by atoms with Gasteiger partial charge in [-0.05, 0) is 43.5 Å². The van der Waals surface area contributed by atoms with Gasteiger partial charge in [-0.2, -0.15) is 0 Å². The Balaban J connectivity index is 2.41. The Bertz CT molecular complexity index is 906. The first-order valence-corrected chi connectivity index (χ1v) is 9.50. The van der Waals surface area contributed by atoms with E-state index in [1.165, 1.54) is 61.2 Å². The second kappa shape index (κ2) is 7.06. The second-order valence-corrected chi connectivity index (χ2v) is 7.44. The highest BCUT2D eigenvalue weighted by Crippen LogP contribution is 2.29. The highest BCUT2D eigenvalue weighted by molar-refractivity contribution is 7.99. The fraction of sp³-hybridized carbons (Fsp3) is 0.125. The molecule has 0 amide bonds. The summed E-state index contributed by atoms with van der Waals surface area (Å²) in [5.41, 5.74) is 0.644. The van der Waals surface area contributed by atoms with Crippen molar-refractivity contribution in [2.75, 3.05) is 11.0 Å². The van der Waals surface area contributed by atoms with Crippen molar-refractivity contribution in [1.29, 1.82) is 0 Å². The van der Waals surface area contributed by atoms with Gasteiger partial charge in [0.1, 0.15) is 0 Å². The van der Waals surface area contributed by atoms with Gasteiger partial charge in [0.2, 0.25) is 0 Å². The molecule has 2 N–H and O–H groups in total. The van der Waals surface area contributed by atoms with Crippen molar-refractivity contribution in [3.8, 4) is 0 Å². The van der Waals surface area contributed by atoms with Gasteiger partial charge in [-0.1, -0.05) is 12.1 Å². The minimum atomic E-state index is -3.90. The number of aromatic carboxylic acids is 1. The molecule has 0 unspecified atom stereocenters. The van der Waals surface area contributed by atoms with E-state index < -0.39 is 16.0 Å². The lowest BCUT2D eigenvalue weighted by molar-refractivity contribution is 0.0696. The first-order chi connectivity index (χ1) is 11.2. The molecular weight excluding hydrogens is 350 g/mol. The number of sulfonamides is 1. The monoisotopic (exact) mass is 365 g/mol. The molecule has 2 aromatic rings. The SMILES string of the molecule is CSc1cc(C(=O)O)ccc1NS(=O)(=O)c1cccc(C(C)=O)c1. The van der Waals surface area contributed by atoms with Gasteiger partial charge in [0, 0.05) is 10.5 Å². The first-order valence-electron chi connectivity index (χ1n) is 6.80. The average Bonchev–Trinajstić information content (AvgIpc) is 2.54. The van der Waals surface area contributed by atoms with Crippen LogP contribution in [0.5, 0.6) is 0 Å². The van der Waals surface area contributed by atoms with Crippen LogP contribution in [-0.4, -0.2) is 31.5 Å². The van der Waals surface area contributed by atoms with Crippen LogP contribution in [0.15, 0.2) is 52.3 Å². The van der Waals surface area contributed by atoms with E-state index in [0.29, 0.717) is 10.5 Å². The van der Waals surface area contributed by atoms with Crippen LogP contribution in [0.4, 0.5) is 5.69 Å². The van der Waals surface area contributed by atoms with Crippen molar-refractivity contribution < 1.29 is 23.1 Å². The predicted octanol–water partition coefficient (Wildman–Crippen LogP) is 3.11. The van der Waals surface area contributed by atoms with Crippen LogP contribution in [0.2, 0.25) is 0 Å². The Hall–Kier alpha value is -2.32. The molecule has 0 atom stereocenters. The number of hydrogen-bond donors (Lipinski definition) is 2. The third-order valence-electron chi connectivity index (χ3n) is 3.24. The third-order valence-corrected chi connectivity index (χ3v) is 5.38. The standard InChI is InChI=1S/C16H15NO5S2/c1-10(18)11-4-3-5-13(8-11)24(21,22)17-14-7-6-12(16(19)20)9-15(14)23-2/h3-9,17H,1-2H3,(H,19,20). The van der Waals surface area contributed by atoms with Crippen LogP contribution in [0.1, 0.15) is 27.6 Å². The van der Waals surface area contributed by atoms with Crippen LogP contribution in [0, 0.1) is 0 Å². The lowest BCUT2D eigenvalue weighted by Crippen LogP contribution is -2.14. The molecule has 0 aliphatic heterocycles. The molecule has 8 heteroatoms. The second-order valence-electron chi connectivity index (χ2n) is 4.91. The number of ketones is 1. The maximum atomic E-state index is 12.5. The van der Waals surface area contributed by atoms with Crippen molar-refractivity contribution in [3.05, 3.63) is 53.6 Å². The zero-order valence-electron chi connectivity index (χ0n) is 12.9. The topological polar surface area (TPSA) is 101 Å². The van der Waals surface area contributed by atoms with Gasteiger partial charge in [0.15, 0.2) is 5.78 Å². The molecule has 0 aromatic heterocycles. The molecule has 0 heterocycles. The van der Waals surface area contributed by atoms with Gasteiger partial charge in [-0.15, -0.1) is 11.8 Å². The maximum absolute atomic E-state index is 12.5. The molecule has 0 saturated carbocycles. The number of anilines is 1. The number of carbonyl (C=O) groups is 2. The number of nitrogens with one attached hydrogen (secondary N) is 1. The van der Waals surface area contributed by atoms with E-state index in [1.807, 2.05) is 0 Å². The summed E-state index contributed by atoms with van der Waals surface area (Å²) in [6.45, 7) is 1.36. The average molecular weight is 365 g/mol. The minimum absolute atomic E-state index is 0.0374. The van der Waals surface area contributed by atoms with Gasteiger partial charge >= 0.3 is 5.97 Å². The largest absolute Gasteiger partial charge is 0.478 e. The van der Waals surface area contributed by atoms with Gasteiger partial charge in [0.05, 0.1) is 16.1 Å². The molecule has 24 heavy (non-hydrogen) atoms. The Labute approximate surface area is 143 Å². The quantitative estimate of drug-likeness (QED) is 0.603. The lowest BCUT2D eigenvalue weighted by atomic mass is 10.2. The number of benzene rings is 2. The van der Waals surface area contributed by atoms with Crippen molar-refractivity contribution in [1.82, 2.24) is 0 Å². The fourth-order valence-electron chi connectivity index (χ4n) is 1.99. The Morgan fingerprint density at radius 2 is 1.79 bits per heavy atom. The van der Waals surface area contributed by atoms with E-state index in [-0.39, 0.29) is 21.9 Å². The summed E-state index contributed by atoms with van der Waals surface area (Å²) in [5.74, 6) is -1.32. The molecular formula is C16H15NO5S2.